The summed E-state index contributed by atoms with van der Waals surface area (Å²) in [6, 6.07) is 5.33. The van der Waals surface area contributed by atoms with E-state index < -0.39 is 5.97 Å². The van der Waals surface area contributed by atoms with Crippen molar-refractivity contribution in [2.45, 2.75) is 0 Å². The van der Waals surface area contributed by atoms with Gasteiger partial charge in [-0.15, -0.1) is 0 Å². The van der Waals surface area contributed by atoms with Crippen LogP contribution in [0.4, 0.5) is 0 Å². The average Bonchev–Trinajstić information content (AvgIpc) is 2.88. The summed E-state index contributed by atoms with van der Waals surface area (Å²) >= 11 is 6.39. The smallest absolute Gasteiger partial charge is 0.326 e. The predicted octanol–water partition coefficient (Wildman–Crippen LogP) is 2.01. The van der Waals surface area contributed by atoms with Gasteiger partial charge in [-0.1, -0.05) is 30.0 Å². The molecule has 0 unspecified atom stereocenters. The molecule has 27 heavy (non-hydrogen) atoms. The molecule has 7 nitrogen and oxygen atoms in total. The van der Waals surface area contributed by atoms with Crippen molar-refractivity contribution in [1.82, 2.24) is 9.80 Å². The van der Waals surface area contributed by atoms with Gasteiger partial charge < -0.3 is 19.1 Å². The van der Waals surface area contributed by atoms with Crippen molar-refractivity contribution in [2.75, 3.05) is 48.0 Å². The molecular weight excluding hydrogens is 388 g/mol. The van der Waals surface area contributed by atoms with Gasteiger partial charge in [-0.05, 0) is 37.9 Å². The van der Waals surface area contributed by atoms with Crippen LogP contribution in [0.5, 0.6) is 11.5 Å². The summed E-state index contributed by atoms with van der Waals surface area (Å²) in [7, 11) is 6.87. The van der Waals surface area contributed by atoms with Crippen molar-refractivity contribution >= 4 is 46.3 Å². The first-order valence-electron chi connectivity index (χ1n) is 8.13. The van der Waals surface area contributed by atoms with Crippen LogP contribution in [0.2, 0.25) is 0 Å². The summed E-state index contributed by atoms with van der Waals surface area (Å²) < 4.78 is 15.9. The van der Waals surface area contributed by atoms with Crippen molar-refractivity contribution < 1.29 is 23.8 Å². The lowest BCUT2D eigenvalue weighted by atomic mass is 10.2. The fourth-order valence-electron chi connectivity index (χ4n) is 2.25. The predicted molar refractivity (Wildman–Crippen MR) is 109 cm³/mol. The van der Waals surface area contributed by atoms with Crippen molar-refractivity contribution in [1.29, 1.82) is 0 Å². The maximum atomic E-state index is 12.6. The standard InChI is InChI=1S/C18H22N2O5S2/c1-19(2)7-8-25-16(21)11-20-17(22)15(27-18(20)26)10-12-5-6-13(23-3)14(9-12)24-4/h5-6,9-10H,7-8,11H2,1-4H3. The van der Waals surface area contributed by atoms with E-state index in [0.29, 0.717) is 27.3 Å². The number of thiocarbonyl (C=S) groups is 1. The number of rotatable bonds is 8. The van der Waals surface area contributed by atoms with Gasteiger partial charge in [0.2, 0.25) is 0 Å². The lowest BCUT2D eigenvalue weighted by molar-refractivity contribution is -0.146. The number of methoxy groups -OCH3 is 2. The second-order valence-electron chi connectivity index (χ2n) is 5.91. The molecule has 2 rings (SSSR count). The molecular formula is C18H22N2O5S2. The highest BCUT2D eigenvalue weighted by Gasteiger charge is 2.33. The quantitative estimate of drug-likeness (QED) is 0.366. The zero-order valence-corrected chi connectivity index (χ0v) is 17.3. The van der Waals surface area contributed by atoms with Crippen LogP contribution in [-0.2, 0) is 14.3 Å². The number of amides is 1. The number of hydrogen-bond acceptors (Lipinski definition) is 8. The van der Waals surface area contributed by atoms with E-state index >= 15 is 0 Å². The molecule has 0 aliphatic carbocycles. The lowest BCUT2D eigenvalue weighted by Gasteiger charge is -2.14. The maximum absolute atomic E-state index is 12.6. The molecule has 1 heterocycles. The highest BCUT2D eigenvalue weighted by atomic mass is 32.2. The van der Waals surface area contributed by atoms with Crippen molar-refractivity contribution in [2.24, 2.45) is 0 Å². The fraction of sp³-hybridized carbons (Fsp3) is 0.389. The molecule has 0 aromatic heterocycles. The van der Waals surface area contributed by atoms with E-state index in [1.165, 1.54) is 4.90 Å². The summed E-state index contributed by atoms with van der Waals surface area (Å²) in [5.41, 5.74) is 0.765. The third-order valence-corrected chi connectivity index (χ3v) is 5.05. The number of benzene rings is 1. The Morgan fingerprint density at radius 3 is 2.59 bits per heavy atom. The summed E-state index contributed by atoms with van der Waals surface area (Å²) in [4.78, 5) is 28.1. The minimum Gasteiger partial charge on any atom is -0.493 e. The number of hydrogen-bond donors (Lipinski definition) is 0. The van der Waals surface area contributed by atoms with Gasteiger partial charge in [0.1, 0.15) is 17.5 Å². The number of likely N-dealkylation sites (N-methyl/N-ethyl adjacent to an activating group) is 1. The third-order valence-electron chi connectivity index (χ3n) is 3.67. The number of carbonyl (C=O) groups is 2. The van der Waals surface area contributed by atoms with Gasteiger partial charge in [0.05, 0.1) is 19.1 Å². The van der Waals surface area contributed by atoms with Crippen LogP contribution in [0.3, 0.4) is 0 Å². The maximum Gasteiger partial charge on any atom is 0.326 e. The minimum atomic E-state index is -0.486. The van der Waals surface area contributed by atoms with E-state index in [1.54, 1.807) is 32.4 Å². The van der Waals surface area contributed by atoms with E-state index in [-0.39, 0.29) is 19.1 Å². The number of nitrogens with zero attached hydrogens (tertiary/aromatic N) is 2. The molecule has 1 amide bonds. The number of esters is 1. The largest absolute Gasteiger partial charge is 0.493 e. The summed E-state index contributed by atoms with van der Waals surface area (Å²) in [6.07, 6.45) is 1.71. The second kappa shape index (κ2) is 9.72. The van der Waals surface area contributed by atoms with Crippen LogP contribution >= 0.6 is 24.0 Å². The summed E-state index contributed by atoms with van der Waals surface area (Å²) in [5.74, 6) is 0.360. The molecule has 0 radical (unpaired) electrons. The Bertz CT molecular complexity index is 764. The molecule has 0 spiro atoms. The van der Waals surface area contributed by atoms with E-state index in [4.69, 9.17) is 26.4 Å². The number of thioether (sulfide) groups is 1. The van der Waals surface area contributed by atoms with Gasteiger partial charge in [0, 0.05) is 6.54 Å². The Morgan fingerprint density at radius 2 is 1.96 bits per heavy atom. The third kappa shape index (κ3) is 5.69. The van der Waals surface area contributed by atoms with Gasteiger partial charge in [-0.2, -0.15) is 0 Å². The summed E-state index contributed by atoms with van der Waals surface area (Å²) in [6.45, 7) is 0.687. The van der Waals surface area contributed by atoms with Gasteiger partial charge in [0.25, 0.3) is 5.91 Å². The Labute approximate surface area is 168 Å². The van der Waals surface area contributed by atoms with Crippen molar-refractivity contribution in [3.05, 3.63) is 28.7 Å². The Kier molecular flexibility index (Phi) is 7.64. The minimum absolute atomic E-state index is 0.193. The first kappa shape index (κ1) is 21.2. The summed E-state index contributed by atoms with van der Waals surface area (Å²) in [5, 5.41) is 0. The highest BCUT2D eigenvalue weighted by Crippen LogP contribution is 2.34. The van der Waals surface area contributed by atoms with Crippen LogP contribution in [0.25, 0.3) is 6.08 Å². The topological polar surface area (TPSA) is 68.3 Å². The van der Waals surface area contributed by atoms with E-state index in [2.05, 4.69) is 0 Å². The van der Waals surface area contributed by atoms with Gasteiger partial charge in [-0.3, -0.25) is 14.5 Å². The number of carbonyl (C=O) groups excluding carboxylic acids is 2. The van der Waals surface area contributed by atoms with Crippen LogP contribution < -0.4 is 9.47 Å². The van der Waals surface area contributed by atoms with Crippen molar-refractivity contribution in [3.8, 4) is 11.5 Å². The monoisotopic (exact) mass is 410 g/mol. The van der Waals surface area contributed by atoms with Gasteiger partial charge in [-0.25, -0.2) is 0 Å². The molecule has 1 aromatic rings. The van der Waals surface area contributed by atoms with Gasteiger partial charge in [0.15, 0.2) is 11.5 Å². The van der Waals surface area contributed by atoms with Crippen LogP contribution in [0.15, 0.2) is 23.1 Å². The van der Waals surface area contributed by atoms with Crippen LogP contribution in [-0.4, -0.2) is 74.0 Å². The van der Waals surface area contributed by atoms with E-state index in [1.807, 2.05) is 25.1 Å². The zero-order chi connectivity index (χ0) is 20.0. The average molecular weight is 411 g/mol. The van der Waals surface area contributed by atoms with Crippen LogP contribution in [0.1, 0.15) is 5.56 Å². The molecule has 146 valence electrons. The van der Waals surface area contributed by atoms with Crippen LogP contribution in [0, 0.1) is 0 Å². The molecule has 1 saturated heterocycles. The molecule has 1 aromatic carbocycles. The molecule has 9 heteroatoms. The zero-order valence-electron chi connectivity index (χ0n) is 15.7. The molecule has 0 N–H and O–H groups in total. The number of ether oxygens (including phenoxy) is 3. The van der Waals surface area contributed by atoms with Crippen molar-refractivity contribution in [3.63, 3.8) is 0 Å². The molecule has 0 atom stereocenters. The molecule has 0 bridgehead atoms. The molecule has 1 aliphatic heterocycles. The first-order valence-corrected chi connectivity index (χ1v) is 9.36. The molecule has 1 fully saturated rings. The Hall–Kier alpha value is -2.10. The fourth-order valence-corrected chi connectivity index (χ4v) is 3.50. The lowest BCUT2D eigenvalue weighted by Crippen LogP contribution is -2.35. The Balaban J connectivity index is 2.06. The Morgan fingerprint density at radius 1 is 1.26 bits per heavy atom. The molecule has 0 saturated carbocycles. The molecule has 1 aliphatic rings. The second-order valence-corrected chi connectivity index (χ2v) is 7.58. The van der Waals surface area contributed by atoms with E-state index in [9.17, 15) is 9.59 Å². The van der Waals surface area contributed by atoms with Gasteiger partial charge >= 0.3 is 5.97 Å². The SMILES string of the molecule is COc1ccc(C=C2SC(=S)N(CC(=O)OCCN(C)C)C2=O)cc1OC. The highest BCUT2D eigenvalue weighted by molar-refractivity contribution is 8.26. The first-order chi connectivity index (χ1) is 12.8. The van der Waals surface area contributed by atoms with E-state index in [0.717, 1.165) is 17.3 Å². The normalized spacial score (nSPS) is 15.6.